The van der Waals surface area contributed by atoms with Crippen LogP contribution < -0.4 is 14.2 Å². The lowest BCUT2D eigenvalue weighted by Gasteiger charge is -2.35. The average molecular weight is 773 g/mol. The van der Waals surface area contributed by atoms with Crippen molar-refractivity contribution in [3.63, 3.8) is 0 Å². The van der Waals surface area contributed by atoms with Gasteiger partial charge in [-0.25, -0.2) is 27.7 Å². The molecule has 0 unspecified atom stereocenters. The Morgan fingerprint density at radius 1 is 0.839 bits per heavy atom. The van der Waals surface area contributed by atoms with Gasteiger partial charge in [-0.1, -0.05) is 12.1 Å². The van der Waals surface area contributed by atoms with E-state index in [0.29, 0.717) is 42.6 Å². The smallest absolute Gasteiger partial charge is 0.328 e. The number of piperazine rings is 1. The van der Waals surface area contributed by atoms with Crippen LogP contribution in [0.1, 0.15) is 27.0 Å². The van der Waals surface area contributed by atoms with Crippen LogP contribution in [0.2, 0.25) is 0 Å². The number of hydrogen-bond acceptors (Lipinski definition) is 9. The molecule has 0 spiro atoms. The fourth-order valence-electron chi connectivity index (χ4n) is 6.09. The number of hydrogen-bond donors (Lipinski definition) is 2. The summed E-state index contributed by atoms with van der Waals surface area (Å²) in [6.45, 7) is 5.23. The monoisotopic (exact) mass is 772 g/mol. The average Bonchev–Trinajstić information content (AvgIpc) is 3.82. The molecular formula is C40H35F3N4O9. The molecule has 7 rings (SSSR count). The van der Waals surface area contributed by atoms with Crippen molar-refractivity contribution in [1.82, 2.24) is 19.4 Å². The maximum absolute atomic E-state index is 14.2. The summed E-state index contributed by atoms with van der Waals surface area (Å²) in [7, 11) is 0. The van der Waals surface area contributed by atoms with Crippen LogP contribution in [0.3, 0.4) is 0 Å². The minimum atomic E-state index is -1.37. The predicted octanol–water partition coefficient (Wildman–Crippen LogP) is 5.76. The molecule has 0 saturated carbocycles. The first kappa shape index (κ1) is 39.0. The topological polar surface area (TPSA) is 161 Å². The number of carbonyl (C=O) groups is 4. The molecule has 2 aromatic heterocycles. The van der Waals surface area contributed by atoms with Crippen LogP contribution in [0.5, 0.6) is 23.1 Å². The van der Waals surface area contributed by atoms with Crippen LogP contribution in [0.15, 0.2) is 85.2 Å². The third-order valence-corrected chi connectivity index (χ3v) is 9.06. The van der Waals surface area contributed by atoms with E-state index in [1.165, 1.54) is 6.20 Å². The molecule has 1 saturated heterocycles. The highest BCUT2D eigenvalue weighted by atomic mass is 19.2. The van der Waals surface area contributed by atoms with Gasteiger partial charge in [0.2, 0.25) is 18.6 Å². The molecule has 5 aromatic rings. The fraction of sp³-hybridized carbons (Fsp3) is 0.225. The molecule has 56 heavy (non-hydrogen) atoms. The van der Waals surface area contributed by atoms with Crippen LogP contribution >= 0.6 is 0 Å². The van der Waals surface area contributed by atoms with Gasteiger partial charge < -0.3 is 33.9 Å². The van der Waals surface area contributed by atoms with E-state index in [2.05, 4.69) is 9.88 Å². The maximum atomic E-state index is 14.2. The molecule has 1 amide bonds. The number of carboxylic acid groups (broad SMARTS) is 2. The van der Waals surface area contributed by atoms with E-state index in [1.54, 1.807) is 18.2 Å². The molecule has 290 valence electrons. The number of pyridine rings is 1. The third kappa shape index (κ3) is 9.51. The molecule has 2 aliphatic rings. The summed E-state index contributed by atoms with van der Waals surface area (Å²) in [5.41, 5.74) is 1.34. The highest BCUT2D eigenvalue weighted by molar-refractivity contribution is 5.98. The van der Waals surface area contributed by atoms with Crippen LogP contribution in [0, 0.1) is 24.4 Å². The lowest BCUT2D eigenvalue weighted by molar-refractivity contribution is -0.134. The second kappa shape index (κ2) is 17.2. The minimum Gasteiger partial charge on any atom is -0.478 e. The molecule has 2 aliphatic heterocycles. The number of ketones is 1. The van der Waals surface area contributed by atoms with Gasteiger partial charge in [-0.2, -0.15) is 0 Å². The number of aliphatic carboxylic acids is 2. The van der Waals surface area contributed by atoms with E-state index in [-0.39, 0.29) is 31.5 Å². The summed E-state index contributed by atoms with van der Waals surface area (Å²) in [4.78, 5) is 53.3. The Morgan fingerprint density at radius 2 is 1.55 bits per heavy atom. The molecule has 0 atom stereocenters. The molecule has 1 fully saturated rings. The molecule has 16 heteroatoms. The van der Waals surface area contributed by atoms with Gasteiger partial charge in [0.1, 0.15) is 18.1 Å². The number of ether oxygens (including phenoxy) is 3. The second-order valence-corrected chi connectivity index (χ2v) is 12.9. The van der Waals surface area contributed by atoms with Crippen molar-refractivity contribution in [2.45, 2.75) is 26.4 Å². The van der Waals surface area contributed by atoms with Gasteiger partial charge in [-0.05, 0) is 60.5 Å². The first-order valence-corrected chi connectivity index (χ1v) is 17.3. The number of carbonyl (C=O) groups excluding carboxylic acids is 2. The number of fused-ring (bicyclic) bond motifs is 2. The quantitative estimate of drug-likeness (QED) is 0.0954. The molecule has 4 heterocycles. The predicted molar refractivity (Wildman–Crippen MR) is 194 cm³/mol. The number of halogens is 3. The van der Waals surface area contributed by atoms with Crippen molar-refractivity contribution < 1.29 is 56.8 Å². The van der Waals surface area contributed by atoms with Gasteiger partial charge in [0.25, 0.3) is 0 Å². The first-order valence-electron chi connectivity index (χ1n) is 17.3. The van der Waals surface area contributed by atoms with Crippen molar-refractivity contribution >= 4 is 34.5 Å². The molecule has 2 N–H and O–H groups in total. The summed E-state index contributed by atoms with van der Waals surface area (Å²) >= 11 is 0. The molecule has 0 radical (unpaired) electrons. The van der Waals surface area contributed by atoms with Crippen molar-refractivity contribution in [3.8, 4) is 23.1 Å². The zero-order valence-corrected chi connectivity index (χ0v) is 29.9. The molecule has 0 bridgehead atoms. The molecule has 13 nitrogen and oxygen atoms in total. The Hall–Kier alpha value is -6.68. The van der Waals surface area contributed by atoms with E-state index in [0.717, 1.165) is 54.5 Å². The van der Waals surface area contributed by atoms with Gasteiger partial charge in [0, 0.05) is 86.2 Å². The van der Waals surface area contributed by atoms with Crippen molar-refractivity contribution in [2.75, 3.05) is 33.0 Å². The van der Waals surface area contributed by atoms with E-state index in [1.807, 2.05) is 52.1 Å². The van der Waals surface area contributed by atoms with E-state index < -0.39 is 46.3 Å². The van der Waals surface area contributed by atoms with Gasteiger partial charge in [0.05, 0.1) is 5.56 Å². The first-order chi connectivity index (χ1) is 26.8. The van der Waals surface area contributed by atoms with Crippen molar-refractivity contribution in [2.24, 2.45) is 0 Å². The van der Waals surface area contributed by atoms with E-state index in [9.17, 15) is 32.3 Å². The zero-order valence-electron chi connectivity index (χ0n) is 29.9. The standard InChI is InChI=1S/C36H31F3N4O5.C4H4O4/c1-22-28(37)17-27(36(39)35(22)38)30(44)14-23-3-7-33(40-18-23)48-26-4-5-29-25(16-26)8-9-43(29)20-34(45)42-12-10-41(11-13-42)19-24-2-6-31-32(15-24)47-21-46-31;5-3(6)1-2-4(7)8/h2-9,15-18H,10-14,19-21H2,1H3;1-2H,(H,5,6)(H,7,8). The van der Waals surface area contributed by atoms with Crippen LogP contribution in [-0.2, 0) is 33.9 Å². The van der Waals surface area contributed by atoms with E-state index >= 15 is 0 Å². The third-order valence-electron chi connectivity index (χ3n) is 9.06. The second-order valence-electron chi connectivity index (χ2n) is 12.9. The summed E-state index contributed by atoms with van der Waals surface area (Å²) < 4.78 is 60.7. The number of amides is 1. The number of aromatic nitrogens is 2. The number of benzene rings is 3. The Kier molecular flexibility index (Phi) is 12.0. The van der Waals surface area contributed by atoms with Crippen LogP contribution in [0.4, 0.5) is 13.2 Å². The summed E-state index contributed by atoms with van der Waals surface area (Å²) in [6.07, 6.45) is 4.09. The molecular weight excluding hydrogens is 737 g/mol. The number of rotatable bonds is 11. The fourth-order valence-corrected chi connectivity index (χ4v) is 6.09. The van der Waals surface area contributed by atoms with Gasteiger partial charge in [-0.15, -0.1) is 0 Å². The summed E-state index contributed by atoms with van der Waals surface area (Å²) in [5.74, 6) is -4.63. The largest absolute Gasteiger partial charge is 0.478 e. The Morgan fingerprint density at radius 3 is 2.25 bits per heavy atom. The van der Waals surface area contributed by atoms with E-state index in [4.69, 9.17) is 24.4 Å². The molecule has 0 aliphatic carbocycles. The van der Waals surface area contributed by atoms with Gasteiger partial charge in [-0.3, -0.25) is 14.5 Å². The zero-order chi connectivity index (χ0) is 39.9. The Labute approximate surface area is 317 Å². The lowest BCUT2D eigenvalue weighted by Crippen LogP contribution is -2.49. The highest BCUT2D eigenvalue weighted by Gasteiger charge is 2.24. The van der Waals surface area contributed by atoms with Crippen LogP contribution in [-0.4, -0.2) is 86.2 Å². The van der Waals surface area contributed by atoms with Crippen molar-refractivity contribution in [1.29, 1.82) is 0 Å². The summed E-state index contributed by atoms with van der Waals surface area (Å²) in [5, 5.41) is 16.5. The van der Waals surface area contributed by atoms with Crippen LogP contribution in [0.25, 0.3) is 10.9 Å². The lowest BCUT2D eigenvalue weighted by atomic mass is 10.0. The van der Waals surface area contributed by atoms with Gasteiger partial charge >= 0.3 is 11.9 Å². The Bertz CT molecular complexity index is 2300. The van der Waals surface area contributed by atoms with Gasteiger partial charge in [0.15, 0.2) is 28.9 Å². The Balaban J connectivity index is 0.000000601. The normalized spacial score (nSPS) is 13.8. The maximum Gasteiger partial charge on any atom is 0.328 e. The SMILES string of the molecule is Cc1c(F)cc(C(=O)Cc2ccc(Oc3ccc4c(ccn4CC(=O)N4CCN(Cc5ccc6c(c5)OCO6)CC4)c3)nc2)c(F)c1F.O=C(O)C=CC(=O)O. The number of nitrogens with zero attached hydrogens (tertiary/aromatic N) is 4. The minimum absolute atomic E-state index is 0.0544. The van der Waals surface area contributed by atoms with Crippen molar-refractivity contribution in [3.05, 3.63) is 125 Å². The number of Topliss-reactive ketones (excluding diaryl/α,β-unsaturated/α-hetero) is 1. The summed E-state index contributed by atoms with van der Waals surface area (Å²) in [6, 6.07) is 17.2. The number of carboxylic acids is 2. The molecule has 3 aromatic carbocycles. The highest BCUT2D eigenvalue weighted by Crippen LogP contribution is 2.33.